The van der Waals surface area contributed by atoms with Crippen LogP contribution in [0, 0.1) is 0 Å². The molecule has 0 aliphatic heterocycles. The number of hydrogen-bond acceptors (Lipinski definition) is 1. The third-order valence-corrected chi connectivity index (χ3v) is 4.39. The Morgan fingerprint density at radius 2 is 1.91 bits per heavy atom. The Hall–Kier alpha value is -0.501. The molecule has 0 amide bonds. The van der Waals surface area contributed by atoms with Gasteiger partial charge in [-0.3, -0.25) is 0 Å². The van der Waals surface area contributed by atoms with Crippen LogP contribution in [-0.4, -0.2) is 20.4 Å². The third kappa shape index (κ3) is 2.54. The molecule has 1 atom stereocenters. The van der Waals surface area contributed by atoms with Crippen molar-refractivity contribution < 1.29 is 9.57 Å². The van der Waals surface area contributed by atoms with E-state index in [1.54, 1.807) is 0 Å². The summed E-state index contributed by atoms with van der Waals surface area (Å²) in [5.74, 6) is 0. The standard InChI is InChI=1S/C8H11NOSe/c9-6-7-11(10)8-4-2-1-3-5-8/h1-5H,6-7,9H2/p+1. The zero-order valence-electron chi connectivity index (χ0n) is 6.32. The molecule has 0 aliphatic carbocycles. The summed E-state index contributed by atoms with van der Waals surface area (Å²) < 4.78 is 12.4. The first kappa shape index (κ1) is 8.59. The number of quaternary nitrogens is 1. The number of benzene rings is 1. The topological polar surface area (TPSA) is 44.7 Å². The van der Waals surface area contributed by atoms with E-state index < -0.39 is 13.8 Å². The van der Waals surface area contributed by atoms with E-state index in [0.717, 1.165) is 16.3 Å². The second kappa shape index (κ2) is 4.39. The summed E-state index contributed by atoms with van der Waals surface area (Å²) in [6, 6.07) is 9.63. The van der Waals surface area contributed by atoms with E-state index in [2.05, 4.69) is 5.73 Å². The van der Waals surface area contributed by atoms with Crippen molar-refractivity contribution in [2.24, 2.45) is 0 Å². The molecule has 11 heavy (non-hydrogen) atoms. The van der Waals surface area contributed by atoms with Gasteiger partial charge in [0.15, 0.2) is 0 Å². The first-order valence-corrected chi connectivity index (χ1v) is 6.34. The van der Waals surface area contributed by atoms with Crippen molar-refractivity contribution in [3.05, 3.63) is 30.3 Å². The van der Waals surface area contributed by atoms with E-state index >= 15 is 0 Å². The van der Waals surface area contributed by atoms with Crippen LogP contribution in [0.25, 0.3) is 0 Å². The summed E-state index contributed by atoms with van der Waals surface area (Å²) in [4.78, 5) is 0. The van der Waals surface area contributed by atoms with Crippen LogP contribution < -0.4 is 10.2 Å². The monoisotopic (exact) mass is 218 g/mol. The first-order valence-electron chi connectivity index (χ1n) is 3.57. The molecular weight excluding hydrogens is 205 g/mol. The molecule has 1 rings (SSSR count). The quantitative estimate of drug-likeness (QED) is 0.685. The summed E-state index contributed by atoms with van der Waals surface area (Å²) in [7, 11) is 0. The molecular formula is C8H12NOSe+. The Balaban J connectivity index is 2.69. The van der Waals surface area contributed by atoms with Crippen LogP contribution in [0.15, 0.2) is 30.3 Å². The average Bonchev–Trinajstić information content (AvgIpc) is 2.07. The van der Waals surface area contributed by atoms with E-state index in [0.29, 0.717) is 0 Å². The van der Waals surface area contributed by atoms with Crippen LogP contribution in [0.1, 0.15) is 0 Å². The summed E-state index contributed by atoms with van der Waals surface area (Å²) in [5, 5.41) is 0.754. The summed E-state index contributed by atoms with van der Waals surface area (Å²) in [5.41, 5.74) is 3.68. The SMILES string of the molecule is [NH3+]CC[Se](=O)c1ccccc1. The van der Waals surface area contributed by atoms with Crippen LogP contribution in [-0.2, 0) is 3.83 Å². The second-order valence-electron chi connectivity index (χ2n) is 2.22. The third-order valence-electron chi connectivity index (χ3n) is 1.34. The van der Waals surface area contributed by atoms with Crippen LogP contribution in [0.5, 0.6) is 0 Å². The Morgan fingerprint density at radius 1 is 1.27 bits per heavy atom. The van der Waals surface area contributed by atoms with Crippen molar-refractivity contribution in [2.75, 3.05) is 6.54 Å². The molecule has 0 saturated carbocycles. The molecule has 0 aromatic heterocycles. The van der Waals surface area contributed by atoms with Crippen molar-refractivity contribution in [1.29, 1.82) is 0 Å². The number of hydrogen-bond donors (Lipinski definition) is 1. The van der Waals surface area contributed by atoms with Gasteiger partial charge in [0.2, 0.25) is 0 Å². The van der Waals surface area contributed by atoms with Gasteiger partial charge < -0.3 is 0 Å². The van der Waals surface area contributed by atoms with E-state index in [1.807, 2.05) is 30.3 Å². The van der Waals surface area contributed by atoms with Gasteiger partial charge in [0.05, 0.1) is 0 Å². The molecule has 3 N–H and O–H groups in total. The van der Waals surface area contributed by atoms with Crippen molar-refractivity contribution in [3.8, 4) is 0 Å². The van der Waals surface area contributed by atoms with Gasteiger partial charge in [-0.25, -0.2) is 0 Å². The van der Waals surface area contributed by atoms with Crippen molar-refractivity contribution in [1.82, 2.24) is 0 Å². The molecule has 1 aromatic carbocycles. The zero-order valence-corrected chi connectivity index (χ0v) is 8.04. The maximum atomic E-state index is 11.4. The van der Waals surface area contributed by atoms with E-state index in [-0.39, 0.29) is 0 Å². The van der Waals surface area contributed by atoms with Crippen molar-refractivity contribution in [3.63, 3.8) is 0 Å². The van der Waals surface area contributed by atoms with E-state index in [9.17, 15) is 3.83 Å². The van der Waals surface area contributed by atoms with Crippen LogP contribution in [0.2, 0.25) is 5.32 Å². The fourth-order valence-corrected chi connectivity index (χ4v) is 2.83. The summed E-state index contributed by atoms with van der Waals surface area (Å²) in [6.45, 7) is 0.767. The maximum absolute atomic E-state index is 11.4. The van der Waals surface area contributed by atoms with Gasteiger partial charge in [-0.2, -0.15) is 0 Å². The molecule has 0 saturated heterocycles. The fraction of sp³-hybridized carbons (Fsp3) is 0.250. The van der Waals surface area contributed by atoms with Gasteiger partial charge in [0, 0.05) is 0 Å². The first-order chi connectivity index (χ1) is 5.34. The van der Waals surface area contributed by atoms with E-state index in [4.69, 9.17) is 0 Å². The molecule has 0 radical (unpaired) electrons. The zero-order chi connectivity index (χ0) is 8.10. The van der Waals surface area contributed by atoms with Crippen LogP contribution >= 0.6 is 0 Å². The molecule has 1 aromatic rings. The molecule has 60 valence electrons. The molecule has 1 unspecified atom stereocenters. The second-order valence-corrected chi connectivity index (χ2v) is 5.51. The molecule has 0 aliphatic rings. The molecule has 0 heterocycles. The molecule has 3 heteroatoms. The molecule has 2 nitrogen and oxygen atoms in total. The number of rotatable bonds is 3. The Morgan fingerprint density at radius 3 is 2.45 bits per heavy atom. The van der Waals surface area contributed by atoms with Gasteiger partial charge in [0.25, 0.3) is 0 Å². The Bertz CT molecular complexity index is 235. The van der Waals surface area contributed by atoms with Gasteiger partial charge in [-0.05, 0) is 0 Å². The molecule has 0 fully saturated rings. The van der Waals surface area contributed by atoms with Crippen LogP contribution in [0.4, 0.5) is 0 Å². The predicted molar refractivity (Wildman–Crippen MR) is 45.1 cm³/mol. The van der Waals surface area contributed by atoms with Gasteiger partial charge >= 0.3 is 70.1 Å². The van der Waals surface area contributed by atoms with Crippen molar-refractivity contribution >= 4 is 18.3 Å². The normalized spacial score (nSPS) is 12.8. The Kier molecular flexibility index (Phi) is 3.43. The van der Waals surface area contributed by atoms with Crippen LogP contribution in [0.3, 0.4) is 0 Å². The summed E-state index contributed by atoms with van der Waals surface area (Å²) >= 11 is -1.74. The average molecular weight is 217 g/mol. The van der Waals surface area contributed by atoms with Gasteiger partial charge in [-0.1, -0.05) is 0 Å². The molecule has 0 bridgehead atoms. The van der Waals surface area contributed by atoms with E-state index in [1.165, 1.54) is 0 Å². The predicted octanol–water partition coefficient (Wildman–Crippen LogP) is -0.442. The van der Waals surface area contributed by atoms with Gasteiger partial charge in [-0.15, -0.1) is 0 Å². The fourth-order valence-electron chi connectivity index (χ4n) is 0.821. The minimum atomic E-state index is -1.74. The van der Waals surface area contributed by atoms with Crippen molar-refractivity contribution in [2.45, 2.75) is 5.32 Å². The van der Waals surface area contributed by atoms with Gasteiger partial charge in [0.1, 0.15) is 0 Å². The Labute approximate surface area is 70.5 Å². The minimum absolute atomic E-state index is 0.754. The summed E-state index contributed by atoms with van der Waals surface area (Å²) in [6.07, 6.45) is 0. The molecule has 0 spiro atoms.